The van der Waals surface area contributed by atoms with Crippen molar-refractivity contribution < 1.29 is 4.74 Å². The van der Waals surface area contributed by atoms with Crippen LogP contribution in [0.25, 0.3) is 38.5 Å². The molecule has 1 aliphatic rings. The molecule has 178 valence electrons. The maximum Gasteiger partial charge on any atom is 0.261 e. The summed E-state index contributed by atoms with van der Waals surface area (Å²) in [6.45, 7) is 0. The van der Waals surface area contributed by atoms with Crippen LogP contribution in [0.4, 0.5) is 5.69 Å². The highest BCUT2D eigenvalue weighted by atomic mass is 16.5. The molecule has 2 heterocycles. The Labute approximate surface area is 214 Å². The molecule has 4 heteroatoms. The molecule has 1 atom stereocenters. The molecule has 7 rings (SSSR count). The number of methoxy groups -OCH3 is 1. The van der Waals surface area contributed by atoms with E-state index in [9.17, 15) is 4.79 Å². The molecule has 0 amide bonds. The van der Waals surface area contributed by atoms with E-state index in [0.29, 0.717) is 0 Å². The van der Waals surface area contributed by atoms with Crippen LogP contribution in [0.1, 0.15) is 17.2 Å². The Kier molecular flexibility index (Phi) is 4.86. The van der Waals surface area contributed by atoms with E-state index in [0.717, 1.165) is 61.1 Å². The molecular weight excluding hydrogens is 456 g/mol. The van der Waals surface area contributed by atoms with E-state index in [2.05, 4.69) is 53.8 Å². The minimum atomic E-state index is -0.318. The second-order valence-electron chi connectivity index (χ2n) is 9.34. The lowest BCUT2D eigenvalue weighted by Gasteiger charge is -2.32. The predicted molar refractivity (Wildman–Crippen MR) is 151 cm³/mol. The van der Waals surface area contributed by atoms with E-state index < -0.39 is 0 Å². The lowest BCUT2D eigenvalue weighted by molar-refractivity contribution is 0.414. The van der Waals surface area contributed by atoms with Gasteiger partial charge in [0.2, 0.25) is 0 Å². The largest absolute Gasteiger partial charge is 0.497 e. The van der Waals surface area contributed by atoms with Crippen molar-refractivity contribution in [3.63, 3.8) is 0 Å². The molecule has 1 N–H and O–H groups in total. The Morgan fingerprint density at radius 3 is 2.19 bits per heavy atom. The third-order valence-corrected chi connectivity index (χ3v) is 7.35. The fourth-order valence-corrected chi connectivity index (χ4v) is 5.67. The second-order valence-corrected chi connectivity index (χ2v) is 9.34. The summed E-state index contributed by atoms with van der Waals surface area (Å²) in [5.41, 5.74) is 6.58. The Bertz CT molecular complexity index is 1850. The molecule has 0 fully saturated rings. The Balaban J connectivity index is 1.65. The maximum absolute atomic E-state index is 14.6. The SMILES string of the molecule is COc1ccc([C@@H]2Nc3ccc4ccccc4c3-c3c2c(=O)n(-c2ccccc2)c2ccccc32)cc1. The molecule has 0 saturated heterocycles. The Hall–Kier alpha value is -4.83. The zero-order valence-corrected chi connectivity index (χ0v) is 20.3. The van der Waals surface area contributed by atoms with Gasteiger partial charge in [-0.25, -0.2) is 0 Å². The minimum Gasteiger partial charge on any atom is -0.497 e. The summed E-state index contributed by atoms with van der Waals surface area (Å²) < 4.78 is 7.25. The first-order valence-electron chi connectivity index (χ1n) is 12.4. The Morgan fingerprint density at radius 1 is 0.703 bits per heavy atom. The van der Waals surface area contributed by atoms with Gasteiger partial charge in [-0.05, 0) is 52.7 Å². The quantitative estimate of drug-likeness (QED) is 0.288. The highest BCUT2D eigenvalue weighted by Crippen LogP contribution is 2.48. The van der Waals surface area contributed by atoms with Gasteiger partial charge in [0.25, 0.3) is 5.56 Å². The lowest BCUT2D eigenvalue weighted by Crippen LogP contribution is -2.31. The van der Waals surface area contributed by atoms with Gasteiger partial charge in [-0.3, -0.25) is 9.36 Å². The van der Waals surface area contributed by atoms with E-state index in [1.807, 2.05) is 71.3 Å². The summed E-state index contributed by atoms with van der Waals surface area (Å²) in [5.74, 6) is 0.784. The fraction of sp³-hybridized carbons (Fsp3) is 0.0606. The lowest BCUT2D eigenvalue weighted by atomic mass is 9.83. The number of aromatic nitrogens is 1. The minimum absolute atomic E-state index is 0.0215. The van der Waals surface area contributed by atoms with Crippen LogP contribution >= 0.6 is 0 Å². The standard InChI is InChI=1S/C33H24N2O2/c1-37-24-18-15-22(16-19-24)32-31-30(29-25-12-6-5-9-21(25)17-20-27(29)34-32)26-13-7-8-14-28(26)35(33(31)36)23-10-3-2-4-11-23/h2-20,32,34H,1H3/t32-/m0/s1. The Morgan fingerprint density at radius 2 is 1.41 bits per heavy atom. The summed E-state index contributed by atoms with van der Waals surface area (Å²) in [7, 11) is 1.66. The van der Waals surface area contributed by atoms with Crippen molar-refractivity contribution in [2.24, 2.45) is 0 Å². The van der Waals surface area contributed by atoms with Crippen molar-refractivity contribution in [2.75, 3.05) is 12.4 Å². The van der Waals surface area contributed by atoms with Crippen molar-refractivity contribution >= 4 is 27.4 Å². The van der Waals surface area contributed by atoms with Gasteiger partial charge < -0.3 is 10.1 Å². The zero-order chi connectivity index (χ0) is 24.9. The molecule has 0 radical (unpaired) electrons. The average Bonchev–Trinajstić information content (AvgIpc) is 2.97. The summed E-state index contributed by atoms with van der Waals surface area (Å²) in [5, 5.41) is 7.06. The zero-order valence-electron chi connectivity index (χ0n) is 20.3. The molecule has 1 aliphatic heterocycles. The summed E-state index contributed by atoms with van der Waals surface area (Å²) in [6.07, 6.45) is 0. The summed E-state index contributed by atoms with van der Waals surface area (Å²) in [6, 6.07) is 38.4. The van der Waals surface area contributed by atoms with Crippen LogP contribution < -0.4 is 15.6 Å². The van der Waals surface area contributed by atoms with Crippen molar-refractivity contribution in [1.29, 1.82) is 0 Å². The molecule has 5 aromatic carbocycles. The van der Waals surface area contributed by atoms with Crippen LogP contribution in [0.3, 0.4) is 0 Å². The van der Waals surface area contributed by atoms with Gasteiger partial charge in [-0.1, -0.05) is 78.9 Å². The second kappa shape index (κ2) is 8.38. The number of hydrogen-bond donors (Lipinski definition) is 1. The molecule has 0 unspecified atom stereocenters. The van der Waals surface area contributed by atoms with Gasteiger partial charge in [0, 0.05) is 27.9 Å². The first kappa shape index (κ1) is 21.5. The van der Waals surface area contributed by atoms with E-state index >= 15 is 0 Å². The van der Waals surface area contributed by atoms with Crippen LogP contribution in [0.5, 0.6) is 5.75 Å². The molecule has 0 aliphatic carbocycles. The molecular formula is C33H24N2O2. The molecule has 0 bridgehead atoms. The topological polar surface area (TPSA) is 43.3 Å². The molecule has 4 nitrogen and oxygen atoms in total. The monoisotopic (exact) mass is 480 g/mol. The van der Waals surface area contributed by atoms with Crippen molar-refractivity contribution in [3.8, 4) is 22.6 Å². The van der Waals surface area contributed by atoms with Gasteiger partial charge >= 0.3 is 0 Å². The normalized spacial score (nSPS) is 14.1. The van der Waals surface area contributed by atoms with Gasteiger partial charge in [0.05, 0.1) is 24.2 Å². The van der Waals surface area contributed by atoms with Crippen molar-refractivity contribution in [1.82, 2.24) is 4.57 Å². The van der Waals surface area contributed by atoms with Crippen LogP contribution in [0, 0.1) is 0 Å². The van der Waals surface area contributed by atoms with E-state index in [4.69, 9.17) is 4.74 Å². The highest BCUT2D eigenvalue weighted by molar-refractivity contribution is 6.11. The molecule has 0 saturated carbocycles. The van der Waals surface area contributed by atoms with E-state index in [1.54, 1.807) is 7.11 Å². The number of hydrogen-bond acceptors (Lipinski definition) is 3. The first-order valence-corrected chi connectivity index (χ1v) is 12.4. The average molecular weight is 481 g/mol. The number of pyridine rings is 1. The maximum atomic E-state index is 14.6. The van der Waals surface area contributed by atoms with E-state index in [1.165, 1.54) is 0 Å². The van der Waals surface area contributed by atoms with Gasteiger partial charge in [-0.15, -0.1) is 0 Å². The summed E-state index contributed by atoms with van der Waals surface area (Å²) in [4.78, 5) is 14.6. The molecule has 6 aromatic rings. The van der Waals surface area contributed by atoms with Crippen LogP contribution in [-0.2, 0) is 0 Å². The van der Waals surface area contributed by atoms with Crippen LogP contribution in [-0.4, -0.2) is 11.7 Å². The number of fused-ring (bicyclic) bond motifs is 7. The number of para-hydroxylation sites is 2. The first-order chi connectivity index (χ1) is 18.2. The number of nitrogens with zero attached hydrogens (tertiary/aromatic N) is 1. The number of ether oxygens (including phenoxy) is 1. The van der Waals surface area contributed by atoms with Gasteiger partial charge in [0.15, 0.2) is 0 Å². The third-order valence-electron chi connectivity index (χ3n) is 7.35. The highest BCUT2D eigenvalue weighted by Gasteiger charge is 2.32. The van der Waals surface area contributed by atoms with Crippen molar-refractivity contribution in [3.05, 3.63) is 137 Å². The van der Waals surface area contributed by atoms with Crippen LogP contribution in [0.2, 0.25) is 0 Å². The molecule has 1 aromatic heterocycles. The number of anilines is 1. The number of benzene rings is 5. The molecule has 37 heavy (non-hydrogen) atoms. The van der Waals surface area contributed by atoms with Crippen molar-refractivity contribution in [2.45, 2.75) is 6.04 Å². The van der Waals surface area contributed by atoms with Gasteiger partial charge in [-0.2, -0.15) is 0 Å². The number of rotatable bonds is 3. The van der Waals surface area contributed by atoms with Gasteiger partial charge in [0.1, 0.15) is 5.75 Å². The van der Waals surface area contributed by atoms with Crippen LogP contribution in [0.15, 0.2) is 120 Å². The third kappa shape index (κ3) is 3.26. The fourth-order valence-electron chi connectivity index (χ4n) is 5.67. The smallest absolute Gasteiger partial charge is 0.261 e. The predicted octanol–water partition coefficient (Wildman–Crippen LogP) is 7.33. The number of nitrogens with one attached hydrogen (secondary N) is 1. The summed E-state index contributed by atoms with van der Waals surface area (Å²) >= 11 is 0. The van der Waals surface area contributed by atoms with E-state index in [-0.39, 0.29) is 11.6 Å². The molecule has 0 spiro atoms.